The zero-order valence-corrected chi connectivity index (χ0v) is 13.3. The van der Waals surface area contributed by atoms with Gasteiger partial charge in [0.1, 0.15) is 0 Å². The van der Waals surface area contributed by atoms with Crippen molar-refractivity contribution in [3.05, 3.63) is 23.4 Å². The zero-order valence-electron chi connectivity index (χ0n) is 13.3. The van der Waals surface area contributed by atoms with Crippen LogP contribution in [0.2, 0.25) is 0 Å². The van der Waals surface area contributed by atoms with E-state index in [-0.39, 0.29) is 11.2 Å². The summed E-state index contributed by atoms with van der Waals surface area (Å²) in [6.07, 6.45) is 4.54. The van der Waals surface area contributed by atoms with Gasteiger partial charge in [0.15, 0.2) is 0 Å². The molecule has 0 aliphatic carbocycles. The van der Waals surface area contributed by atoms with Crippen molar-refractivity contribution in [3.63, 3.8) is 0 Å². The van der Waals surface area contributed by atoms with Crippen LogP contribution in [0.15, 0.2) is 23.4 Å². The van der Waals surface area contributed by atoms with Crippen LogP contribution in [-0.2, 0) is 9.31 Å². The molecule has 19 heavy (non-hydrogen) atoms. The van der Waals surface area contributed by atoms with Gasteiger partial charge in [0.25, 0.3) is 0 Å². The summed E-state index contributed by atoms with van der Waals surface area (Å²) in [6.45, 7) is 14.2. The average Bonchev–Trinajstić information content (AvgIpc) is 2.47. The van der Waals surface area contributed by atoms with E-state index in [2.05, 4.69) is 13.8 Å². The molecule has 0 aromatic heterocycles. The molecule has 0 spiro atoms. The van der Waals surface area contributed by atoms with E-state index in [1.54, 1.807) is 0 Å². The van der Waals surface area contributed by atoms with E-state index in [0.717, 1.165) is 5.47 Å². The van der Waals surface area contributed by atoms with Crippen molar-refractivity contribution >= 4 is 7.12 Å². The summed E-state index contributed by atoms with van der Waals surface area (Å²) >= 11 is 0. The highest BCUT2D eigenvalue weighted by atomic mass is 16.7. The molecule has 0 atom stereocenters. The first-order chi connectivity index (χ1) is 8.60. The molecule has 1 rings (SSSR count). The molecule has 1 aliphatic rings. The Balaban J connectivity index is 3.04. The van der Waals surface area contributed by atoms with E-state index < -0.39 is 7.12 Å². The fraction of sp³-hybridized carbons (Fsp3) is 0.733. The predicted molar refractivity (Wildman–Crippen MR) is 80.0 cm³/mol. The van der Waals surface area contributed by atoms with Crippen molar-refractivity contribution in [1.82, 2.24) is 0 Å². The summed E-state index contributed by atoms with van der Waals surface area (Å²) in [6, 6.07) is 0. The third kappa shape index (κ3) is 3.64. The van der Waals surface area contributed by atoms with E-state index in [9.17, 15) is 5.11 Å². The second-order valence-electron chi connectivity index (χ2n) is 6.45. The summed E-state index contributed by atoms with van der Waals surface area (Å²) in [5, 5.41) is 10.1. The highest BCUT2D eigenvalue weighted by molar-refractivity contribution is 6.55. The summed E-state index contributed by atoms with van der Waals surface area (Å²) in [4.78, 5) is 0. The van der Waals surface area contributed by atoms with Gasteiger partial charge in [-0.2, -0.15) is 0 Å². The van der Waals surface area contributed by atoms with Crippen molar-refractivity contribution in [2.45, 2.75) is 66.1 Å². The monoisotopic (exact) mass is 266 g/mol. The van der Waals surface area contributed by atoms with Gasteiger partial charge in [-0.05, 0) is 33.6 Å². The Labute approximate surface area is 117 Å². The molecular weight excluding hydrogens is 239 g/mol. The lowest BCUT2D eigenvalue weighted by molar-refractivity contribution is 0.00578. The largest absolute Gasteiger partial charge is 0.513 e. The third-order valence-electron chi connectivity index (χ3n) is 3.84. The van der Waals surface area contributed by atoms with E-state index in [1.807, 2.05) is 46.8 Å². The minimum atomic E-state index is -0.500. The lowest BCUT2D eigenvalue weighted by Gasteiger charge is -2.32. The van der Waals surface area contributed by atoms with Gasteiger partial charge in [0.05, 0.1) is 17.0 Å². The van der Waals surface area contributed by atoms with Crippen molar-refractivity contribution in [3.8, 4) is 0 Å². The van der Waals surface area contributed by atoms with Crippen LogP contribution in [-0.4, -0.2) is 23.4 Å². The lowest BCUT2D eigenvalue weighted by Crippen LogP contribution is -2.41. The highest BCUT2D eigenvalue weighted by Crippen LogP contribution is 2.39. The maximum absolute atomic E-state index is 10.1. The fourth-order valence-electron chi connectivity index (χ4n) is 1.78. The van der Waals surface area contributed by atoms with Crippen LogP contribution < -0.4 is 0 Å². The van der Waals surface area contributed by atoms with Gasteiger partial charge in [-0.1, -0.05) is 32.9 Å². The molecule has 1 heterocycles. The first kappa shape index (κ1) is 16.3. The molecule has 0 amide bonds. The summed E-state index contributed by atoms with van der Waals surface area (Å²) < 4.78 is 12.0. The topological polar surface area (TPSA) is 38.7 Å². The first-order valence-corrected chi connectivity index (χ1v) is 7.06. The van der Waals surface area contributed by atoms with E-state index >= 15 is 0 Å². The Morgan fingerprint density at radius 1 is 1.16 bits per heavy atom. The second kappa shape index (κ2) is 5.72. The van der Waals surface area contributed by atoms with Gasteiger partial charge in [0.2, 0.25) is 0 Å². The van der Waals surface area contributed by atoms with Crippen molar-refractivity contribution in [2.75, 3.05) is 0 Å². The van der Waals surface area contributed by atoms with Gasteiger partial charge < -0.3 is 14.4 Å². The van der Waals surface area contributed by atoms with Gasteiger partial charge >= 0.3 is 7.12 Å². The Morgan fingerprint density at radius 3 is 2.00 bits per heavy atom. The van der Waals surface area contributed by atoms with E-state index in [0.29, 0.717) is 18.1 Å². The molecule has 3 nitrogen and oxygen atoms in total. The minimum absolute atomic E-state index is 0.329. The summed E-state index contributed by atoms with van der Waals surface area (Å²) in [7, 11) is -0.500. The van der Waals surface area contributed by atoms with Crippen molar-refractivity contribution < 1.29 is 14.4 Å². The predicted octanol–water partition coefficient (Wildman–Crippen LogP) is 4.05. The Kier molecular flexibility index (Phi) is 4.91. The summed E-state index contributed by atoms with van der Waals surface area (Å²) in [5.41, 5.74) is -0.0413. The van der Waals surface area contributed by atoms with Crippen LogP contribution >= 0.6 is 0 Å². The molecule has 0 bridgehead atoms. The van der Waals surface area contributed by atoms with Crippen LogP contribution in [0, 0.1) is 5.92 Å². The fourth-order valence-corrected chi connectivity index (χ4v) is 1.78. The van der Waals surface area contributed by atoms with Gasteiger partial charge in [-0.25, -0.2) is 0 Å². The number of allylic oxidation sites excluding steroid dienone is 4. The van der Waals surface area contributed by atoms with Gasteiger partial charge in [-0.3, -0.25) is 0 Å². The molecule has 0 aromatic carbocycles. The average molecular weight is 266 g/mol. The lowest BCUT2D eigenvalue weighted by atomic mass is 9.76. The Morgan fingerprint density at radius 2 is 1.63 bits per heavy atom. The van der Waals surface area contributed by atoms with Gasteiger partial charge in [-0.15, -0.1) is 0 Å². The highest BCUT2D eigenvalue weighted by Gasteiger charge is 2.52. The summed E-state index contributed by atoms with van der Waals surface area (Å²) in [5.74, 6) is 0.748. The standard InChI is InChI=1S/C15H27BO3/c1-8-13(17)12(10-9-11(2)3)16-18-14(4,5)15(6,7)19-16/h9-11,17H,8H2,1-7H3/b10-9-,13-12-. The zero-order chi connectivity index (χ0) is 14.8. The molecule has 0 aromatic rings. The molecule has 1 saturated heterocycles. The molecule has 0 saturated carbocycles. The molecule has 4 heteroatoms. The third-order valence-corrected chi connectivity index (χ3v) is 3.84. The van der Waals surface area contributed by atoms with Crippen molar-refractivity contribution in [2.24, 2.45) is 5.92 Å². The number of hydrogen-bond acceptors (Lipinski definition) is 3. The van der Waals surface area contributed by atoms with E-state index in [4.69, 9.17) is 9.31 Å². The van der Waals surface area contributed by atoms with Crippen LogP contribution in [0.3, 0.4) is 0 Å². The Hall–Kier alpha value is -0.735. The van der Waals surface area contributed by atoms with Crippen LogP contribution in [0.5, 0.6) is 0 Å². The molecule has 108 valence electrons. The van der Waals surface area contributed by atoms with Crippen molar-refractivity contribution in [1.29, 1.82) is 0 Å². The normalized spacial score (nSPS) is 23.3. The number of aliphatic hydroxyl groups excluding tert-OH is 1. The molecule has 0 unspecified atom stereocenters. The van der Waals surface area contributed by atoms with E-state index in [1.165, 1.54) is 0 Å². The van der Waals surface area contributed by atoms with Crippen LogP contribution in [0.25, 0.3) is 0 Å². The molecule has 0 radical (unpaired) electrons. The molecular formula is C15H27BO3. The molecule has 1 N–H and O–H groups in total. The minimum Gasteiger partial charge on any atom is -0.513 e. The number of aliphatic hydroxyl groups is 1. The second-order valence-corrected chi connectivity index (χ2v) is 6.45. The number of rotatable bonds is 4. The first-order valence-electron chi connectivity index (χ1n) is 7.06. The van der Waals surface area contributed by atoms with Gasteiger partial charge in [0, 0.05) is 11.9 Å². The maximum atomic E-state index is 10.1. The Bertz CT molecular complexity index is 365. The van der Waals surface area contributed by atoms with Crippen LogP contribution in [0.4, 0.5) is 0 Å². The van der Waals surface area contributed by atoms with Crippen LogP contribution in [0.1, 0.15) is 54.9 Å². The quantitative estimate of drug-likeness (QED) is 0.474. The number of hydrogen-bond donors (Lipinski definition) is 1. The smallest absolute Gasteiger partial charge is 0.498 e. The molecule has 1 fully saturated rings. The molecule has 1 aliphatic heterocycles. The SMILES string of the molecule is CC/C(O)=C(\C=C/C(C)C)B1OC(C)(C)C(C)(C)O1. The maximum Gasteiger partial charge on any atom is 0.498 e.